The summed E-state index contributed by atoms with van der Waals surface area (Å²) in [7, 11) is -0.211. The van der Waals surface area contributed by atoms with Crippen molar-refractivity contribution in [2.24, 2.45) is 4.99 Å². The number of ether oxygens (including phenoxy) is 2. The molecule has 3 rings (SSSR count). The number of sulfonamides is 1. The Morgan fingerprint density at radius 2 is 2.00 bits per heavy atom. The van der Waals surface area contributed by atoms with Gasteiger partial charge in [-0.2, -0.15) is 0 Å². The molecule has 0 spiro atoms. The number of hydrogen-bond donors (Lipinski definition) is 2. The van der Waals surface area contributed by atoms with Crippen LogP contribution in [0, 0.1) is 0 Å². The number of anilines is 2. The van der Waals surface area contributed by atoms with Crippen LogP contribution < -0.4 is 24.4 Å². The number of para-hydroxylation sites is 1. The second-order valence-corrected chi connectivity index (χ2v) is 8.70. The van der Waals surface area contributed by atoms with Crippen molar-refractivity contribution in [2.75, 3.05) is 49.2 Å². The van der Waals surface area contributed by atoms with Crippen molar-refractivity contribution in [1.82, 2.24) is 5.32 Å². The van der Waals surface area contributed by atoms with Crippen molar-refractivity contribution in [2.45, 2.75) is 13.3 Å². The van der Waals surface area contributed by atoms with Gasteiger partial charge in [0, 0.05) is 31.9 Å². The molecule has 0 atom stereocenters. The highest BCUT2D eigenvalue weighted by Crippen LogP contribution is 2.31. The molecule has 0 aromatic heterocycles. The number of benzene rings is 2. The van der Waals surface area contributed by atoms with Gasteiger partial charge >= 0.3 is 0 Å². The zero-order valence-corrected chi connectivity index (χ0v) is 18.3. The largest absolute Gasteiger partial charge is 0.493 e. The number of fused-ring (bicyclic) bond motifs is 1. The summed E-state index contributed by atoms with van der Waals surface area (Å²) in [6, 6.07) is 13.1. The lowest BCUT2D eigenvalue weighted by atomic mass is 10.2. The molecule has 1 aliphatic rings. The van der Waals surface area contributed by atoms with Crippen LogP contribution in [-0.2, 0) is 16.4 Å². The van der Waals surface area contributed by atoms with E-state index in [1.165, 1.54) is 4.31 Å². The first-order valence-electron chi connectivity index (χ1n) is 9.85. The highest BCUT2D eigenvalue weighted by Gasteiger charge is 2.28. The summed E-state index contributed by atoms with van der Waals surface area (Å²) in [4.78, 5) is 4.16. The fraction of sp³-hybridized carbons (Fsp3) is 0.381. The zero-order valence-electron chi connectivity index (χ0n) is 17.5. The van der Waals surface area contributed by atoms with E-state index >= 15 is 0 Å². The summed E-state index contributed by atoms with van der Waals surface area (Å²) in [6.07, 6.45) is 0.742. The van der Waals surface area contributed by atoms with Crippen molar-refractivity contribution in [1.29, 1.82) is 0 Å². The predicted octanol–water partition coefficient (Wildman–Crippen LogP) is 2.47. The number of hydrogen-bond acceptors (Lipinski definition) is 5. The zero-order chi connectivity index (χ0) is 21.6. The molecule has 30 heavy (non-hydrogen) atoms. The molecule has 0 unspecified atom stereocenters. The van der Waals surface area contributed by atoms with Crippen molar-refractivity contribution in [3.05, 3.63) is 48.0 Å². The fourth-order valence-electron chi connectivity index (χ4n) is 3.34. The average molecular weight is 433 g/mol. The molecular formula is C21H28N4O4S. The number of nitrogens with one attached hydrogen (secondary N) is 2. The van der Waals surface area contributed by atoms with Crippen LogP contribution in [0.3, 0.4) is 0 Å². The Bertz CT molecular complexity index is 1010. The molecule has 162 valence electrons. The Morgan fingerprint density at radius 3 is 2.73 bits per heavy atom. The van der Waals surface area contributed by atoms with Gasteiger partial charge in [0.05, 0.1) is 25.2 Å². The predicted molar refractivity (Wildman–Crippen MR) is 120 cm³/mol. The van der Waals surface area contributed by atoms with Crippen LogP contribution in [0.2, 0.25) is 0 Å². The Morgan fingerprint density at radius 1 is 1.20 bits per heavy atom. The molecular weight excluding hydrogens is 404 g/mol. The van der Waals surface area contributed by atoms with E-state index in [2.05, 4.69) is 15.6 Å². The van der Waals surface area contributed by atoms with Crippen LogP contribution in [-0.4, -0.2) is 54.0 Å². The third-order valence-electron chi connectivity index (χ3n) is 4.78. The van der Waals surface area contributed by atoms with Gasteiger partial charge in [0.1, 0.15) is 0 Å². The minimum atomic E-state index is -3.42. The van der Waals surface area contributed by atoms with Gasteiger partial charge in [0.15, 0.2) is 17.5 Å². The van der Waals surface area contributed by atoms with Gasteiger partial charge in [-0.25, -0.2) is 8.42 Å². The van der Waals surface area contributed by atoms with Crippen LogP contribution in [0.15, 0.2) is 47.5 Å². The molecule has 2 N–H and O–H groups in total. The van der Waals surface area contributed by atoms with Crippen LogP contribution >= 0.6 is 0 Å². The monoisotopic (exact) mass is 432 g/mol. The molecule has 0 radical (unpaired) electrons. The molecule has 0 bridgehead atoms. The lowest BCUT2D eigenvalue weighted by molar-refractivity contribution is 0.311. The maximum absolute atomic E-state index is 12.8. The topological polar surface area (TPSA) is 92.3 Å². The van der Waals surface area contributed by atoms with Crippen molar-refractivity contribution in [3.8, 4) is 11.5 Å². The molecule has 0 fully saturated rings. The third-order valence-corrected chi connectivity index (χ3v) is 6.55. The Balaban J connectivity index is 1.59. The summed E-state index contributed by atoms with van der Waals surface area (Å²) >= 11 is 0. The highest BCUT2D eigenvalue weighted by molar-refractivity contribution is 7.92. The van der Waals surface area contributed by atoms with Crippen LogP contribution in [0.5, 0.6) is 11.5 Å². The maximum atomic E-state index is 12.8. The first-order valence-corrected chi connectivity index (χ1v) is 11.5. The van der Waals surface area contributed by atoms with Gasteiger partial charge in [-0.1, -0.05) is 18.2 Å². The maximum Gasteiger partial charge on any atom is 0.236 e. The normalized spacial score (nSPS) is 13.7. The van der Waals surface area contributed by atoms with Gasteiger partial charge in [-0.3, -0.25) is 9.30 Å². The molecule has 9 heteroatoms. The van der Waals surface area contributed by atoms with Crippen LogP contribution in [0.4, 0.5) is 11.4 Å². The Labute approximate surface area is 178 Å². The number of aliphatic imine (C=N–C) groups is 1. The molecule has 1 aliphatic heterocycles. The van der Waals surface area contributed by atoms with Crippen molar-refractivity contribution < 1.29 is 17.9 Å². The lowest BCUT2D eigenvalue weighted by Gasteiger charge is -2.20. The molecule has 1 heterocycles. The summed E-state index contributed by atoms with van der Waals surface area (Å²) in [6.45, 7) is 3.17. The van der Waals surface area contributed by atoms with E-state index in [4.69, 9.17) is 9.47 Å². The Hall–Kier alpha value is -2.94. The number of guanidine groups is 1. The second-order valence-electron chi connectivity index (χ2n) is 6.69. The van der Waals surface area contributed by atoms with Gasteiger partial charge in [0.25, 0.3) is 0 Å². The standard InChI is InChI=1S/C21H28N4O4S/c1-4-29-19-10-9-17(15-20(19)28-3)24-21(22-2)23-12-14-30(26,27)25-13-11-16-7-5-6-8-18(16)25/h5-10,15H,4,11-14H2,1-3H3,(H2,22,23,24). The van der Waals surface area contributed by atoms with Gasteiger partial charge in [0.2, 0.25) is 10.0 Å². The molecule has 0 saturated carbocycles. The summed E-state index contributed by atoms with van der Waals surface area (Å²) in [5.74, 6) is 1.70. The molecule has 8 nitrogen and oxygen atoms in total. The van der Waals surface area contributed by atoms with E-state index in [1.807, 2.05) is 43.3 Å². The quantitative estimate of drug-likeness (QED) is 0.492. The highest BCUT2D eigenvalue weighted by atomic mass is 32.2. The lowest BCUT2D eigenvalue weighted by Crippen LogP contribution is -2.39. The van der Waals surface area contributed by atoms with Crippen molar-refractivity contribution >= 4 is 27.4 Å². The van der Waals surface area contributed by atoms with Crippen molar-refractivity contribution in [3.63, 3.8) is 0 Å². The van der Waals surface area contributed by atoms with Gasteiger partial charge in [-0.15, -0.1) is 0 Å². The van der Waals surface area contributed by atoms with E-state index in [0.29, 0.717) is 30.6 Å². The summed E-state index contributed by atoms with van der Waals surface area (Å²) in [5.41, 5.74) is 2.59. The fourth-order valence-corrected chi connectivity index (χ4v) is 4.77. The van der Waals surface area contributed by atoms with Gasteiger partial charge < -0.3 is 20.1 Å². The number of rotatable bonds is 8. The third kappa shape index (κ3) is 4.96. The summed E-state index contributed by atoms with van der Waals surface area (Å²) in [5, 5.41) is 6.20. The first kappa shape index (κ1) is 21.8. The molecule has 0 aliphatic carbocycles. The van der Waals surface area contributed by atoms with E-state index < -0.39 is 10.0 Å². The van der Waals surface area contributed by atoms with Crippen LogP contribution in [0.1, 0.15) is 12.5 Å². The van der Waals surface area contributed by atoms with Gasteiger partial charge in [-0.05, 0) is 37.1 Å². The smallest absolute Gasteiger partial charge is 0.236 e. The Kier molecular flexibility index (Phi) is 7.04. The second kappa shape index (κ2) is 9.71. The summed E-state index contributed by atoms with van der Waals surface area (Å²) < 4.78 is 38.0. The first-order chi connectivity index (χ1) is 14.5. The molecule has 2 aromatic carbocycles. The van der Waals surface area contributed by atoms with Crippen LogP contribution in [0.25, 0.3) is 0 Å². The number of methoxy groups -OCH3 is 1. The van der Waals surface area contributed by atoms with E-state index in [9.17, 15) is 8.42 Å². The minimum absolute atomic E-state index is 0.0331. The SMILES string of the molecule is CCOc1ccc(NC(=NC)NCCS(=O)(=O)N2CCc3ccccc32)cc1OC. The minimum Gasteiger partial charge on any atom is -0.493 e. The average Bonchev–Trinajstić information content (AvgIpc) is 3.19. The van der Waals surface area contributed by atoms with E-state index in [1.54, 1.807) is 20.2 Å². The molecule has 0 saturated heterocycles. The molecule has 0 amide bonds. The van der Waals surface area contributed by atoms with E-state index in [0.717, 1.165) is 23.4 Å². The van der Waals surface area contributed by atoms with E-state index in [-0.39, 0.29) is 12.3 Å². The number of nitrogens with zero attached hydrogens (tertiary/aromatic N) is 2. The molecule has 2 aromatic rings.